The van der Waals surface area contributed by atoms with Gasteiger partial charge in [-0.2, -0.15) is 13.2 Å². The second-order valence-electron chi connectivity index (χ2n) is 9.17. The predicted octanol–water partition coefficient (Wildman–Crippen LogP) is 6.57. The van der Waals surface area contributed by atoms with Gasteiger partial charge in [-0.3, -0.25) is 9.97 Å². The lowest BCUT2D eigenvalue weighted by molar-refractivity contribution is -0.140. The lowest BCUT2D eigenvalue weighted by Gasteiger charge is -2.14. The van der Waals surface area contributed by atoms with Crippen LogP contribution in [0.1, 0.15) is 53.8 Å². The van der Waals surface area contributed by atoms with Gasteiger partial charge in [0.25, 0.3) is 0 Å². The molecule has 1 aliphatic carbocycles. The molecule has 4 nitrogen and oxygen atoms in total. The maximum atomic E-state index is 13.0. The highest BCUT2D eigenvalue weighted by molar-refractivity contribution is 5.68. The van der Waals surface area contributed by atoms with Crippen LogP contribution in [0.2, 0.25) is 0 Å². The van der Waals surface area contributed by atoms with Crippen molar-refractivity contribution in [1.82, 2.24) is 19.5 Å². The van der Waals surface area contributed by atoms with E-state index in [-0.39, 0.29) is 0 Å². The second-order valence-corrected chi connectivity index (χ2v) is 9.17. The lowest BCUT2D eigenvalue weighted by Crippen LogP contribution is -2.04. The quantitative estimate of drug-likeness (QED) is 0.345. The second kappa shape index (κ2) is 8.38. The Balaban J connectivity index is 1.43. The monoisotopic (exact) mass is 462 g/mol. The average molecular weight is 463 g/mol. The van der Waals surface area contributed by atoms with Gasteiger partial charge < -0.3 is 4.57 Å². The molecule has 3 heterocycles. The molecule has 0 bridgehead atoms. The summed E-state index contributed by atoms with van der Waals surface area (Å²) in [5.74, 6) is 0.888. The molecule has 34 heavy (non-hydrogen) atoms. The molecule has 4 aromatic rings. The molecule has 7 heteroatoms. The first-order chi connectivity index (χ1) is 16.2. The minimum Gasteiger partial charge on any atom is -0.333 e. The summed E-state index contributed by atoms with van der Waals surface area (Å²) in [5.41, 5.74) is 6.62. The molecule has 0 N–H and O–H groups in total. The van der Waals surface area contributed by atoms with Gasteiger partial charge >= 0.3 is 6.18 Å². The fourth-order valence-corrected chi connectivity index (χ4v) is 4.86. The van der Waals surface area contributed by atoms with Crippen LogP contribution in [0.3, 0.4) is 0 Å². The topological polar surface area (TPSA) is 43.6 Å². The molecule has 1 unspecified atom stereocenters. The van der Waals surface area contributed by atoms with Crippen LogP contribution in [0.5, 0.6) is 0 Å². The fraction of sp³-hybridized carbons (Fsp3) is 0.296. The summed E-state index contributed by atoms with van der Waals surface area (Å²) < 4.78 is 40.5. The Morgan fingerprint density at radius 2 is 1.74 bits per heavy atom. The van der Waals surface area contributed by atoms with Crippen molar-refractivity contribution in [2.24, 2.45) is 7.05 Å². The van der Waals surface area contributed by atoms with E-state index < -0.39 is 11.9 Å². The Morgan fingerprint density at radius 1 is 0.971 bits per heavy atom. The smallest absolute Gasteiger partial charge is 0.333 e. The Kier molecular flexibility index (Phi) is 5.50. The van der Waals surface area contributed by atoms with Gasteiger partial charge in [-0.15, -0.1) is 0 Å². The van der Waals surface area contributed by atoms with Crippen molar-refractivity contribution in [3.05, 3.63) is 89.1 Å². The van der Waals surface area contributed by atoms with E-state index in [1.165, 1.54) is 15.7 Å². The van der Waals surface area contributed by atoms with E-state index in [1.807, 2.05) is 42.7 Å². The van der Waals surface area contributed by atoms with Crippen molar-refractivity contribution in [2.75, 3.05) is 0 Å². The van der Waals surface area contributed by atoms with Crippen molar-refractivity contribution in [3.63, 3.8) is 0 Å². The van der Waals surface area contributed by atoms with Crippen LogP contribution in [0.25, 0.3) is 22.6 Å². The zero-order valence-corrected chi connectivity index (χ0v) is 19.3. The van der Waals surface area contributed by atoms with Crippen molar-refractivity contribution in [1.29, 1.82) is 0 Å². The highest BCUT2D eigenvalue weighted by atomic mass is 19.4. The van der Waals surface area contributed by atoms with E-state index in [9.17, 15) is 13.2 Å². The lowest BCUT2D eigenvalue weighted by atomic mass is 9.94. The van der Waals surface area contributed by atoms with Crippen LogP contribution >= 0.6 is 0 Å². The number of hydrogen-bond acceptors (Lipinski definition) is 3. The van der Waals surface area contributed by atoms with Crippen LogP contribution < -0.4 is 0 Å². The number of nitrogens with zero attached hydrogens (tertiary/aromatic N) is 4. The summed E-state index contributed by atoms with van der Waals surface area (Å²) in [7, 11) is 1.58. The summed E-state index contributed by atoms with van der Waals surface area (Å²) in [6.07, 6.45) is 2.03. The van der Waals surface area contributed by atoms with Gasteiger partial charge in [0.2, 0.25) is 0 Å². The number of aryl methyl sites for hydroxylation is 1. The van der Waals surface area contributed by atoms with Crippen LogP contribution in [-0.2, 0) is 26.1 Å². The first-order valence-electron chi connectivity index (χ1n) is 11.3. The van der Waals surface area contributed by atoms with Gasteiger partial charge in [0.15, 0.2) is 5.69 Å². The molecule has 0 fully saturated rings. The van der Waals surface area contributed by atoms with Crippen LogP contribution in [0.4, 0.5) is 13.2 Å². The SMILES string of the molecule is CC(C)c1ncccc1-c1nccc2c1CC(c1ccc(-c3nc(C(F)(F)F)cn3C)cc1)C2. The van der Waals surface area contributed by atoms with E-state index >= 15 is 0 Å². The molecule has 174 valence electrons. The molecule has 0 spiro atoms. The van der Waals surface area contributed by atoms with E-state index in [4.69, 9.17) is 4.98 Å². The molecule has 1 aromatic carbocycles. The molecule has 0 saturated carbocycles. The summed E-state index contributed by atoms with van der Waals surface area (Å²) in [4.78, 5) is 13.1. The van der Waals surface area contributed by atoms with Gasteiger partial charge in [0.05, 0.1) is 11.4 Å². The van der Waals surface area contributed by atoms with Crippen molar-refractivity contribution >= 4 is 0 Å². The van der Waals surface area contributed by atoms with Gasteiger partial charge in [0.1, 0.15) is 5.82 Å². The van der Waals surface area contributed by atoms with E-state index in [2.05, 4.69) is 35.9 Å². The number of imidazole rings is 1. The number of aromatic nitrogens is 4. The van der Waals surface area contributed by atoms with Crippen LogP contribution in [0, 0.1) is 0 Å². The maximum Gasteiger partial charge on any atom is 0.434 e. The molecule has 5 rings (SSSR count). The number of rotatable bonds is 4. The number of benzene rings is 1. The first kappa shape index (κ1) is 22.3. The summed E-state index contributed by atoms with van der Waals surface area (Å²) >= 11 is 0. The molecule has 0 aliphatic heterocycles. The standard InChI is InChI=1S/C27H25F3N4/c1-16(2)24-21(5-4-11-31-24)25-22-14-20(13-19(22)10-12-32-25)17-6-8-18(9-7-17)26-33-23(15-34(26)3)27(28,29)30/h4-12,15-16,20H,13-14H2,1-3H3. The number of fused-ring (bicyclic) bond motifs is 1. The van der Waals surface area contributed by atoms with Gasteiger partial charge in [-0.05, 0) is 59.6 Å². The number of hydrogen-bond donors (Lipinski definition) is 0. The normalized spacial score (nSPS) is 15.7. The number of alkyl halides is 3. The Morgan fingerprint density at radius 3 is 2.41 bits per heavy atom. The molecule has 0 saturated heterocycles. The minimum absolute atomic E-state index is 0.290. The Hall–Kier alpha value is -3.48. The first-order valence-corrected chi connectivity index (χ1v) is 11.3. The summed E-state index contributed by atoms with van der Waals surface area (Å²) in [5, 5.41) is 0. The average Bonchev–Trinajstić information content (AvgIpc) is 3.43. The zero-order chi connectivity index (χ0) is 24.0. The van der Waals surface area contributed by atoms with Crippen LogP contribution in [-0.4, -0.2) is 19.5 Å². The largest absolute Gasteiger partial charge is 0.434 e. The molecule has 3 aromatic heterocycles. The third-order valence-corrected chi connectivity index (χ3v) is 6.52. The Bertz CT molecular complexity index is 1340. The van der Waals surface area contributed by atoms with E-state index in [0.717, 1.165) is 41.6 Å². The van der Waals surface area contributed by atoms with Crippen molar-refractivity contribution < 1.29 is 13.2 Å². The fourth-order valence-electron chi connectivity index (χ4n) is 4.86. The third kappa shape index (κ3) is 4.00. The van der Waals surface area contributed by atoms with Gasteiger partial charge in [0, 0.05) is 36.8 Å². The molecular formula is C27H25F3N4. The van der Waals surface area contributed by atoms with Crippen molar-refractivity contribution in [3.8, 4) is 22.6 Å². The highest BCUT2D eigenvalue weighted by Gasteiger charge is 2.34. The summed E-state index contributed by atoms with van der Waals surface area (Å²) in [6.45, 7) is 4.28. The van der Waals surface area contributed by atoms with Gasteiger partial charge in [-0.25, -0.2) is 4.98 Å². The maximum absolute atomic E-state index is 13.0. The zero-order valence-electron chi connectivity index (χ0n) is 19.3. The van der Waals surface area contributed by atoms with Gasteiger partial charge in [-0.1, -0.05) is 38.1 Å². The molecule has 0 radical (unpaired) electrons. The van der Waals surface area contributed by atoms with Crippen molar-refractivity contribution in [2.45, 2.75) is 44.7 Å². The van der Waals surface area contributed by atoms with E-state index in [0.29, 0.717) is 23.2 Å². The summed E-state index contributed by atoms with van der Waals surface area (Å²) in [6, 6.07) is 13.9. The third-order valence-electron chi connectivity index (χ3n) is 6.52. The molecule has 0 amide bonds. The van der Waals surface area contributed by atoms with E-state index in [1.54, 1.807) is 7.05 Å². The predicted molar refractivity (Wildman–Crippen MR) is 125 cm³/mol. The van der Waals surface area contributed by atoms with Crippen LogP contribution in [0.15, 0.2) is 61.1 Å². The molecule has 1 atom stereocenters. The number of halogens is 3. The molecule has 1 aliphatic rings. The molecular weight excluding hydrogens is 437 g/mol. The highest BCUT2D eigenvalue weighted by Crippen LogP contribution is 2.40. The number of pyridine rings is 2. The Labute approximate surface area is 196 Å². The minimum atomic E-state index is -4.46.